The van der Waals surface area contributed by atoms with Crippen LogP contribution in [0.5, 0.6) is 0 Å². The Hall–Kier alpha value is -0.790. The lowest BCUT2D eigenvalue weighted by Crippen LogP contribution is -1.98. The van der Waals surface area contributed by atoms with E-state index < -0.39 is 5.97 Å². The molecule has 1 N–H and O–H groups in total. The van der Waals surface area contributed by atoms with Crippen LogP contribution in [-0.4, -0.2) is 11.1 Å². The Bertz CT molecular complexity index is 269. The first-order chi connectivity index (χ1) is 10.0. The molecule has 0 aliphatic carbocycles. The summed E-state index contributed by atoms with van der Waals surface area (Å²) in [6, 6.07) is 0. The topological polar surface area (TPSA) is 37.3 Å². The molecule has 0 heterocycles. The van der Waals surface area contributed by atoms with Gasteiger partial charge in [0, 0.05) is 5.57 Å². The molecule has 0 aliphatic rings. The summed E-state index contributed by atoms with van der Waals surface area (Å²) < 4.78 is 0. The average molecular weight is 296 g/mol. The number of carbonyl (C=O) groups is 1. The lowest BCUT2D eigenvalue weighted by atomic mass is 10.0. The molecule has 2 heteroatoms. The van der Waals surface area contributed by atoms with Crippen LogP contribution in [0.15, 0.2) is 12.2 Å². The first-order valence-electron chi connectivity index (χ1n) is 8.95. The van der Waals surface area contributed by atoms with Crippen LogP contribution in [0.2, 0.25) is 0 Å². The van der Waals surface area contributed by atoms with E-state index >= 15 is 0 Å². The van der Waals surface area contributed by atoms with Gasteiger partial charge in [0.2, 0.25) is 0 Å². The third-order valence-electron chi connectivity index (χ3n) is 4.06. The zero-order valence-corrected chi connectivity index (χ0v) is 14.3. The fourth-order valence-corrected chi connectivity index (χ4v) is 2.59. The first-order valence-corrected chi connectivity index (χ1v) is 8.95. The van der Waals surface area contributed by atoms with E-state index in [-0.39, 0.29) is 0 Å². The van der Waals surface area contributed by atoms with Crippen molar-refractivity contribution in [3.8, 4) is 0 Å². The van der Waals surface area contributed by atoms with Crippen molar-refractivity contribution in [2.75, 3.05) is 0 Å². The van der Waals surface area contributed by atoms with Crippen LogP contribution >= 0.6 is 0 Å². The van der Waals surface area contributed by atoms with Gasteiger partial charge in [-0.25, -0.2) is 4.79 Å². The fourth-order valence-electron chi connectivity index (χ4n) is 2.59. The molecule has 0 rings (SSSR count). The molecule has 0 aliphatic heterocycles. The average Bonchev–Trinajstić information content (AvgIpc) is 2.43. The van der Waals surface area contributed by atoms with Crippen LogP contribution in [0.25, 0.3) is 0 Å². The van der Waals surface area contributed by atoms with E-state index in [1.165, 1.54) is 64.2 Å². The van der Waals surface area contributed by atoms with Crippen LogP contribution in [-0.2, 0) is 4.79 Å². The molecular formula is C19H36O2. The highest BCUT2D eigenvalue weighted by Gasteiger charge is 2.02. The number of unbranched alkanes of at least 4 members (excludes halogenated alkanes) is 10. The predicted octanol–water partition coefficient (Wildman–Crippen LogP) is 6.35. The molecular weight excluding hydrogens is 260 g/mol. The zero-order valence-electron chi connectivity index (χ0n) is 14.3. The van der Waals surface area contributed by atoms with E-state index in [1.54, 1.807) is 0 Å². The maximum atomic E-state index is 10.6. The quantitative estimate of drug-likeness (QED) is 0.282. The molecule has 21 heavy (non-hydrogen) atoms. The first kappa shape index (κ1) is 20.2. The Morgan fingerprint density at radius 2 is 1.19 bits per heavy atom. The zero-order chi connectivity index (χ0) is 15.9. The highest BCUT2D eigenvalue weighted by molar-refractivity contribution is 5.85. The summed E-state index contributed by atoms with van der Waals surface area (Å²) in [4.78, 5) is 10.6. The molecule has 0 atom stereocenters. The Kier molecular flexibility index (Phi) is 13.6. The van der Waals surface area contributed by atoms with Crippen molar-refractivity contribution in [1.29, 1.82) is 0 Å². The number of aliphatic carboxylic acids is 1. The summed E-state index contributed by atoms with van der Waals surface area (Å²) >= 11 is 0. The minimum absolute atomic E-state index is 0.354. The van der Waals surface area contributed by atoms with Gasteiger partial charge in [-0.1, -0.05) is 91.1 Å². The van der Waals surface area contributed by atoms with Crippen molar-refractivity contribution in [3.63, 3.8) is 0 Å². The molecule has 0 fully saturated rings. The molecule has 0 saturated heterocycles. The van der Waals surface area contributed by atoms with Crippen molar-refractivity contribution >= 4 is 5.97 Å². The highest BCUT2D eigenvalue weighted by Crippen LogP contribution is 2.14. The minimum atomic E-state index is -0.844. The van der Waals surface area contributed by atoms with Gasteiger partial charge in [-0.3, -0.25) is 0 Å². The lowest BCUT2D eigenvalue weighted by molar-refractivity contribution is -0.132. The Labute approximate surface area is 132 Å². The maximum Gasteiger partial charge on any atom is 0.330 e. The summed E-state index contributed by atoms with van der Waals surface area (Å²) in [5, 5.41) is 8.69. The van der Waals surface area contributed by atoms with Gasteiger partial charge < -0.3 is 5.11 Å². The number of hydrogen-bond acceptors (Lipinski definition) is 1. The van der Waals surface area contributed by atoms with E-state index in [0.717, 1.165) is 18.8 Å². The standard InChI is InChI=1S/C19H36O2/c1-17(2)15-13-11-9-7-5-4-6-8-10-12-14-16-18(3)19(20)21/h17H,3-16H2,1-2H3,(H,20,21). The van der Waals surface area contributed by atoms with E-state index in [0.29, 0.717) is 12.0 Å². The second-order valence-corrected chi connectivity index (χ2v) is 6.73. The van der Waals surface area contributed by atoms with E-state index in [9.17, 15) is 4.79 Å². The molecule has 0 bridgehead atoms. The predicted molar refractivity (Wildman–Crippen MR) is 91.6 cm³/mol. The Morgan fingerprint density at radius 3 is 1.57 bits per heavy atom. The van der Waals surface area contributed by atoms with Crippen molar-refractivity contribution < 1.29 is 9.90 Å². The summed E-state index contributed by atoms with van der Waals surface area (Å²) in [7, 11) is 0. The molecule has 0 aromatic rings. The maximum absolute atomic E-state index is 10.6. The largest absolute Gasteiger partial charge is 0.478 e. The second kappa shape index (κ2) is 14.2. The Balaban J connectivity index is 3.09. The van der Waals surface area contributed by atoms with Gasteiger partial charge in [0.15, 0.2) is 0 Å². The van der Waals surface area contributed by atoms with Crippen molar-refractivity contribution in [3.05, 3.63) is 12.2 Å². The molecule has 0 unspecified atom stereocenters. The van der Waals surface area contributed by atoms with Gasteiger partial charge in [-0.2, -0.15) is 0 Å². The van der Waals surface area contributed by atoms with Crippen LogP contribution < -0.4 is 0 Å². The van der Waals surface area contributed by atoms with Crippen molar-refractivity contribution in [1.82, 2.24) is 0 Å². The third kappa shape index (κ3) is 15.4. The van der Waals surface area contributed by atoms with Gasteiger partial charge in [0.25, 0.3) is 0 Å². The number of rotatable bonds is 15. The smallest absolute Gasteiger partial charge is 0.330 e. The fraction of sp³-hybridized carbons (Fsp3) is 0.842. The van der Waals surface area contributed by atoms with Crippen LogP contribution in [0, 0.1) is 5.92 Å². The third-order valence-corrected chi connectivity index (χ3v) is 4.06. The number of hydrogen-bond donors (Lipinski definition) is 1. The van der Waals surface area contributed by atoms with Crippen LogP contribution in [0.4, 0.5) is 0 Å². The molecule has 0 aromatic heterocycles. The normalized spacial score (nSPS) is 11.0. The van der Waals surface area contributed by atoms with E-state index in [4.69, 9.17) is 5.11 Å². The van der Waals surface area contributed by atoms with Gasteiger partial charge in [-0.15, -0.1) is 0 Å². The summed E-state index contributed by atoms with van der Waals surface area (Å²) in [6.07, 6.45) is 16.4. The second-order valence-electron chi connectivity index (χ2n) is 6.73. The van der Waals surface area contributed by atoms with Crippen molar-refractivity contribution in [2.24, 2.45) is 5.92 Å². The van der Waals surface area contributed by atoms with Gasteiger partial charge >= 0.3 is 5.97 Å². The minimum Gasteiger partial charge on any atom is -0.478 e. The lowest BCUT2D eigenvalue weighted by Gasteiger charge is -2.05. The molecule has 124 valence electrons. The van der Waals surface area contributed by atoms with E-state index in [1.807, 2.05) is 0 Å². The molecule has 0 saturated carbocycles. The Morgan fingerprint density at radius 1 is 0.810 bits per heavy atom. The summed E-state index contributed by atoms with van der Waals surface area (Å²) in [5.74, 6) is 0.0149. The summed E-state index contributed by atoms with van der Waals surface area (Å²) in [6.45, 7) is 8.16. The molecule has 0 aromatic carbocycles. The van der Waals surface area contributed by atoms with E-state index in [2.05, 4.69) is 20.4 Å². The van der Waals surface area contributed by atoms with Gasteiger partial charge in [-0.05, 0) is 18.8 Å². The van der Waals surface area contributed by atoms with Crippen LogP contribution in [0.3, 0.4) is 0 Å². The number of carboxylic acid groups (broad SMARTS) is 1. The highest BCUT2D eigenvalue weighted by atomic mass is 16.4. The van der Waals surface area contributed by atoms with Crippen LogP contribution in [0.1, 0.15) is 97.3 Å². The van der Waals surface area contributed by atoms with Gasteiger partial charge in [0.05, 0.1) is 0 Å². The molecule has 2 nitrogen and oxygen atoms in total. The SMILES string of the molecule is C=C(CCCCCCCCCCCCCC(C)C)C(=O)O. The monoisotopic (exact) mass is 296 g/mol. The number of carboxylic acids is 1. The summed E-state index contributed by atoms with van der Waals surface area (Å²) in [5.41, 5.74) is 0.354. The van der Waals surface area contributed by atoms with Gasteiger partial charge in [0.1, 0.15) is 0 Å². The van der Waals surface area contributed by atoms with Crippen molar-refractivity contribution in [2.45, 2.75) is 97.3 Å². The molecule has 0 radical (unpaired) electrons. The molecule has 0 amide bonds. The molecule has 0 spiro atoms.